The fourth-order valence-electron chi connectivity index (χ4n) is 5.35. The standard InChI is InChI=1S/C29H29N3O4S/c33-27(15-19-17-30-23-10-5-4-9-22(19)23)32(21-12-13-24-25(16-21)36-18-35-24)28(26-11-6-14-37-26)29(34)31-20-7-2-1-3-8-20/h4-6,9-14,16-17,20,28,30H,1-3,7-8,15,18H2,(H,31,34)/t28-/m0/s1. The second-order valence-corrected chi connectivity index (χ2v) is 10.6. The van der Waals surface area contributed by atoms with Gasteiger partial charge in [-0.25, -0.2) is 0 Å². The van der Waals surface area contributed by atoms with Gasteiger partial charge >= 0.3 is 0 Å². The summed E-state index contributed by atoms with van der Waals surface area (Å²) in [6.45, 7) is 0.137. The predicted octanol–water partition coefficient (Wildman–Crippen LogP) is 5.72. The number of rotatable bonds is 7. The van der Waals surface area contributed by atoms with Gasteiger partial charge in [-0.2, -0.15) is 0 Å². The number of carbonyl (C=O) groups excluding carboxylic acids is 2. The van der Waals surface area contributed by atoms with E-state index in [-0.39, 0.29) is 31.1 Å². The molecule has 2 N–H and O–H groups in total. The van der Waals surface area contributed by atoms with Crippen LogP contribution >= 0.6 is 11.3 Å². The number of amides is 2. The lowest BCUT2D eigenvalue weighted by Gasteiger charge is -2.33. The molecule has 2 aromatic heterocycles. The molecule has 8 heteroatoms. The number of nitrogens with one attached hydrogen (secondary N) is 2. The van der Waals surface area contributed by atoms with Crippen LogP contribution in [0.15, 0.2) is 66.2 Å². The number of hydrogen-bond donors (Lipinski definition) is 2. The molecule has 2 aliphatic rings. The first-order chi connectivity index (χ1) is 18.2. The first kappa shape index (κ1) is 23.6. The van der Waals surface area contributed by atoms with Gasteiger partial charge in [0.05, 0.1) is 6.42 Å². The summed E-state index contributed by atoms with van der Waals surface area (Å²) >= 11 is 1.48. The lowest BCUT2D eigenvalue weighted by atomic mass is 9.95. The van der Waals surface area contributed by atoms with Crippen LogP contribution in [0.2, 0.25) is 0 Å². The number of benzene rings is 2. The maximum Gasteiger partial charge on any atom is 0.248 e. The van der Waals surface area contributed by atoms with E-state index in [0.29, 0.717) is 17.2 Å². The van der Waals surface area contributed by atoms with Crippen molar-refractivity contribution in [3.05, 3.63) is 76.6 Å². The van der Waals surface area contributed by atoms with Gasteiger partial charge in [0.2, 0.25) is 18.6 Å². The molecule has 4 aromatic rings. The number of thiophene rings is 1. The molecule has 0 unspecified atom stereocenters. The number of nitrogens with zero attached hydrogens (tertiary/aromatic N) is 1. The number of aromatic nitrogens is 1. The molecule has 1 saturated carbocycles. The maximum absolute atomic E-state index is 14.2. The molecule has 7 nitrogen and oxygen atoms in total. The van der Waals surface area contributed by atoms with E-state index in [2.05, 4.69) is 10.3 Å². The summed E-state index contributed by atoms with van der Waals surface area (Å²) in [6, 6.07) is 16.5. The van der Waals surface area contributed by atoms with E-state index < -0.39 is 6.04 Å². The molecule has 1 aliphatic carbocycles. The third-order valence-electron chi connectivity index (χ3n) is 7.19. The number of carbonyl (C=O) groups is 2. The Kier molecular flexibility index (Phi) is 6.57. The smallest absolute Gasteiger partial charge is 0.248 e. The van der Waals surface area contributed by atoms with Gasteiger partial charge in [0, 0.05) is 39.8 Å². The zero-order chi connectivity index (χ0) is 25.2. The van der Waals surface area contributed by atoms with Gasteiger partial charge in [-0.05, 0) is 48.1 Å². The van der Waals surface area contributed by atoms with Crippen LogP contribution in [-0.4, -0.2) is 29.6 Å². The molecule has 37 heavy (non-hydrogen) atoms. The quantitative estimate of drug-likeness (QED) is 0.330. The van der Waals surface area contributed by atoms with Gasteiger partial charge in [-0.3, -0.25) is 14.5 Å². The largest absolute Gasteiger partial charge is 0.454 e. The summed E-state index contributed by atoms with van der Waals surface area (Å²) in [4.78, 5) is 33.8. The number of para-hydroxylation sites is 1. The van der Waals surface area contributed by atoms with Crippen molar-refractivity contribution in [3.8, 4) is 11.5 Å². The number of fused-ring (bicyclic) bond motifs is 2. The highest BCUT2D eigenvalue weighted by atomic mass is 32.1. The second-order valence-electron chi connectivity index (χ2n) is 9.60. The number of hydrogen-bond acceptors (Lipinski definition) is 5. The first-order valence-electron chi connectivity index (χ1n) is 12.8. The minimum absolute atomic E-state index is 0.131. The fourth-order valence-corrected chi connectivity index (χ4v) is 6.16. The molecule has 3 heterocycles. The highest BCUT2D eigenvalue weighted by molar-refractivity contribution is 7.10. The topological polar surface area (TPSA) is 83.7 Å². The minimum atomic E-state index is -0.792. The molecule has 2 amide bonds. The highest BCUT2D eigenvalue weighted by Crippen LogP contribution is 2.39. The van der Waals surface area contributed by atoms with Gasteiger partial charge in [0.1, 0.15) is 6.04 Å². The Balaban J connectivity index is 1.39. The monoisotopic (exact) mass is 515 g/mol. The van der Waals surface area contributed by atoms with Gasteiger partial charge in [0.15, 0.2) is 11.5 Å². The molecule has 6 rings (SSSR count). The van der Waals surface area contributed by atoms with E-state index in [4.69, 9.17) is 9.47 Å². The van der Waals surface area contributed by atoms with Crippen LogP contribution in [0.3, 0.4) is 0 Å². The molecule has 1 fully saturated rings. The number of aromatic amines is 1. The highest BCUT2D eigenvalue weighted by Gasteiger charge is 2.35. The van der Waals surface area contributed by atoms with E-state index in [1.807, 2.05) is 54.0 Å². The van der Waals surface area contributed by atoms with E-state index in [9.17, 15) is 9.59 Å². The average molecular weight is 516 g/mol. The first-order valence-corrected chi connectivity index (χ1v) is 13.7. The fraction of sp³-hybridized carbons (Fsp3) is 0.310. The van der Waals surface area contributed by atoms with Crippen LogP contribution in [0.5, 0.6) is 11.5 Å². The Hall–Kier alpha value is -3.78. The molecule has 2 aromatic carbocycles. The predicted molar refractivity (Wildman–Crippen MR) is 144 cm³/mol. The molecule has 0 saturated heterocycles. The summed E-state index contributed by atoms with van der Waals surface area (Å²) in [5, 5.41) is 6.21. The Morgan fingerprint density at radius 1 is 1.03 bits per heavy atom. The lowest BCUT2D eigenvalue weighted by molar-refractivity contribution is -0.127. The Bertz CT molecular complexity index is 1410. The average Bonchev–Trinajstić information content (AvgIpc) is 3.69. The summed E-state index contributed by atoms with van der Waals surface area (Å²) in [7, 11) is 0. The van der Waals surface area contributed by atoms with Crippen LogP contribution < -0.4 is 19.7 Å². The van der Waals surface area contributed by atoms with Crippen molar-refractivity contribution in [2.45, 2.75) is 50.6 Å². The van der Waals surface area contributed by atoms with Crippen molar-refractivity contribution in [1.82, 2.24) is 10.3 Å². The number of ether oxygens (including phenoxy) is 2. The normalized spacial score (nSPS) is 16.0. The molecule has 1 atom stereocenters. The Labute approximate surface area is 219 Å². The van der Waals surface area contributed by atoms with Crippen molar-refractivity contribution in [2.24, 2.45) is 0 Å². The van der Waals surface area contributed by atoms with Gasteiger partial charge < -0.3 is 19.8 Å². The van der Waals surface area contributed by atoms with Crippen molar-refractivity contribution in [1.29, 1.82) is 0 Å². The summed E-state index contributed by atoms with van der Waals surface area (Å²) < 4.78 is 11.1. The van der Waals surface area contributed by atoms with E-state index >= 15 is 0 Å². The molecule has 0 bridgehead atoms. The maximum atomic E-state index is 14.2. The third kappa shape index (κ3) is 4.81. The van der Waals surface area contributed by atoms with Crippen LogP contribution in [0.1, 0.15) is 48.6 Å². The van der Waals surface area contributed by atoms with Crippen molar-refractivity contribution in [2.75, 3.05) is 11.7 Å². The van der Waals surface area contributed by atoms with Crippen LogP contribution in [-0.2, 0) is 16.0 Å². The molecule has 1 aliphatic heterocycles. The summed E-state index contributed by atoms with van der Waals surface area (Å²) in [5.41, 5.74) is 2.47. The number of anilines is 1. The van der Waals surface area contributed by atoms with Gasteiger partial charge in [0.25, 0.3) is 0 Å². The van der Waals surface area contributed by atoms with Gasteiger partial charge in [-0.15, -0.1) is 11.3 Å². The van der Waals surface area contributed by atoms with E-state index in [0.717, 1.165) is 47.0 Å². The second kappa shape index (κ2) is 10.3. The molecule has 0 radical (unpaired) electrons. The summed E-state index contributed by atoms with van der Waals surface area (Å²) in [6.07, 6.45) is 7.39. The van der Waals surface area contributed by atoms with Crippen LogP contribution in [0, 0.1) is 0 Å². The summed E-state index contributed by atoms with van der Waals surface area (Å²) in [5.74, 6) is 0.882. The Morgan fingerprint density at radius 2 is 1.86 bits per heavy atom. The zero-order valence-corrected chi connectivity index (χ0v) is 21.3. The lowest BCUT2D eigenvalue weighted by Crippen LogP contribution is -2.47. The van der Waals surface area contributed by atoms with Crippen LogP contribution in [0.25, 0.3) is 10.9 Å². The van der Waals surface area contributed by atoms with E-state index in [1.165, 1.54) is 17.8 Å². The third-order valence-corrected chi connectivity index (χ3v) is 8.12. The SMILES string of the molecule is O=C(NC1CCCCC1)[C@H](c1cccs1)N(C(=O)Cc1c[nH]c2ccccc12)c1ccc2c(c1)OCO2. The van der Waals surface area contributed by atoms with Crippen molar-refractivity contribution < 1.29 is 19.1 Å². The van der Waals surface area contributed by atoms with Crippen molar-refractivity contribution in [3.63, 3.8) is 0 Å². The minimum Gasteiger partial charge on any atom is -0.454 e. The van der Waals surface area contributed by atoms with Crippen molar-refractivity contribution >= 4 is 39.7 Å². The molecule has 0 spiro atoms. The van der Waals surface area contributed by atoms with Crippen LogP contribution in [0.4, 0.5) is 5.69 Å². The molecular formula is C29H29N3O4S. The van der Waals surface area contributed by atoms with E-state index in [1.54, 1.807) is 17.0 Å². The Morgan fingerprint density at radius 3 is 2.70 bits per heavy atom. The van der Waals surface area contributed by atoms with Gasteiger partial charge in [-0.1, -0.05) is 43.5 Å². The molecular weight excluding hydrogens is 486 g/mol. The zero-order valence-electron chi connectivity index (χ0n) is 20.4. The number of H-pyrrole nitrogens is 1. The molecule has 190 valence electrons.